The monoisotopic (exact) mass is 2000 g/mol. The number of nitrogens with one attached hydrogen (secondary N) is 5. The molecule has 133 heavy (non-hydrogen) atoms. The van der Waals surface area contributed by atoms with Crippen molar-refractivity contribution >= 4 is 211 Å². The number of aromatic nitrogens is 12. The first-order valence-corrected chi connectivity index (χ1v) is 49.8. The fourth-order valence-electron chi connectivity index (χ4n) is 12.1. The summed E-state index contributed by atoms with van der Waals surface area (Å²) in [5.74, 6) is 4.43. The van der Waals surface area contributed by atoms with Crippen LogP contribution in [-0.2, 0) is 42.4 Å². The number of rotatable bonds is 26. The molecule has 0 atom stereocenters. The first kappa shape index (κ1) is 104. The number of Topliss-reactive ketones (excluding diaryl/α,β-unsaturated/α-hetero) is 5. The summed E-state index contributed by atoms with van der Waals surface area (Å²) >= 11 is 31.7. The number of sulfone groups is 2. The van der Waals surface area contributed by atoms with Crippen LogP contribution in [0.25, 0.3) is 0 Å². The van der Waals surface area contributed by atoms with Gasteiger partial charge in [0.1, 0.15) is 76.9 Å². The third-order valence-corrected chi connectivity index (χ3v) is 24.9. The van der Waals surface area contributed by atoms with Crippen LogP contribution in [0.15, 0.2) is 209 Å². The van der Waals surface area contributed by atoms with Crippen LogP contribution in [0.1, 0.15) is 160 Å². The Labute approximate surface area is 806 Å². The van der Waals surface area contributed by atoms with E-state index in [-0.39, 0.29) is 85.1 Å². The number of pyridine rings is 12. The number of anilines is 12. The zero-order valence-corrected chi connectivity index (χ0v) is 81.1. The number of carbonyl (C=O) groups excluding carboxylic acids is 5. The number of hydrogen-bond donors (Lipinski definition) is 9. The van der Waals surface area contributed by atoms with Crippen molar-refractivity contribution in [3.63, 3.8) is 0 Å². The fourth-order valence-corrected chi connectivity index (χ4v) is 15.6. The number of nitrogen functional groups attached to an aromatic ring is 2. The summed E-state index contributed by atoms with van der Waals surface area (Å²) in [5.41, 5.74) is 16.1. The molecule has 696 valence electrons. The zero-order chi connectivity index (χ0) is 96.7. The number of aliphatic hydroxyl groups is 2. The molecule has 12 aromatic heterocycles. The van der Waals surface area contributed by atoms with Crippen LogP contribution in [0, 0.1) is 36.5 Å². The van der Waals surface area contributed by atoms with Gasteiger partial charge in [0, 0.05) is 143 Å². The molecule has 5 saturated carbocycles. The number of hydrogen-bond acceptors (Lipinski definition) is 34. The van der Waals surface area contributed by atoms with Crippen molar-refractivity contribution < 1.29 is 59.4 Å². The van der Waals surface area contributed by atoms with Crippen molar-refractivity contribution in [1.82, 2.24) is 59.8 Å². The second-order valence-corrected chi connectivity index (χ2v) is 39.5. The molecule has 5 aliphatic carbocycles. The van der Waals surface area contributed by atoms with E-state index in [0.29, 0.717) is 99.9 Å². The maximum atomic E-state index is 12.8. The van der Waals surface area contributed by atoms with E-state index in [0.717, 1.165) is 109 Å². The summed E-state index contributed by atoms with van der Waals surface area (Å²) in [6.45, 7) is 8.73. The van der Waals surface area contributed by atoms with Gasteiger partial charge in [0.25, 0.3) is 0 Å². The van der Waals surface area contributed by atoms with Gasteiger partial charge in [0.2, 0.25) is 0 Å². The molecule has 0 aromatic carbocycles. The van der Waals surface area contributed by atoms with Gasteiger partial charge in [-0.15, -0.1) is 23.5 Å². The van der Waals surface area contributed by atoms with E-state index < -0.39 is 42.4 Å². The Morgan fingerprint density at radius 1 is 0.383 bits per heavy atom. The predicted molar refractivity (Wildman–Crippen MR) is 520 cm³/mol. The minimum Gasteiger partial charge on any atom is -0.386 e. The van der Waals surface area contributed by atoms with E-state index in [1.54, 1.807) is 143 Å². The average molecular weight is 2000 g/mol. The zero-order valence-electron chi connectivity index (χ0n) is 73.2. The highest BCUT2D eigenvalue weighted by molar-refractivity contribution is 7.99. The van der Waals surface area contributed by atoms with Crippen molar-refractivity contribution in [1.29, 1.82) is 0 Å². The third kappa shape index (κ3) is 31.6. The van der Waals surface area contributed by atoms with E-state index >= 15 is 0 Å². The molecule has 0 radical (unpaired) electrons. The molecule has 0 unspecified atom stereocenters. The van der Waals surface area contributed by atoms with Gasteiger partial charge in [-0.1, -0.05) is 76.2 Å². The molecule has 0 saturated heterocycles. The Morgan fingerprint density at radius 3 is 1.06 bits per heavy atom. The first-order valence-electron chi connectivity index (χ1n) is 41.0. The summed E-state index contributed by atoms with van der Waals surface area (Å²) in [4.78, 5) is 113. The van der Waals surface area contributed by atoms with Crippen LogP contribution < -0.4 is 38.1 Å². The number of carbonyl (C=O) groups is 5. The standard InChI is InChI=1S/C23H25N5O4S.C15H14ClN3O3S.C15H14ClN3OS.C15H14ClN3O.C9H7Cl2NO.C8H12N2O.C6H8N2S.O2S/c1-23(2,30)15-8-9-19(25-12-15)28-20-11-17(16(13-26-20)21(29)14-6-7-14)27-22-18(33(3,31)32)5-4-10-24-22;1-23(21,22)12-3-2-6-17-15(12)19-11-7-13(16)18-8-10(11)14(20)9-4-5-9;1-21-12-3-2-6-17-15(12)19-11-7-13(16)18-8-10(11)14(20)9-4-5-9;1-9-3-2-6-17-15(9)19-12-7-13(16)18-8-11(12)14(20)10-4-5-10;10-7-3-8(11)12-4-6(7)9(13)5-1-2-5;1-8(2,11)6-3-4-7(9)10-5-6;1-9-5-3-2-4-8-6(5)7;1-3-2/h4-5,8-14,30H,6-7H2,1-3H3,(H2,24,25,26,27,28);2-3,6-9H,4-5H2,1H3,(H,17,18,19);2-3,6-9H,4-5H2,1H3,(H,17,18,19);2-3,6-8,10H,4-5H2,1H3,(H,17,18,19);3-5H,1-2H2;3-5,11H,1-2H3,(H2,9,10);2-4H,1H3,(H2,7,8);. The molecule has 0 bridgehead atoms. The van der Waals surface area contributed by atoms with Crippen LogP contribution in [0.4, 0.5) is 69.3 Å². The van der Waals surface area contributed by atoms with Gasteiger partial charge in [-0.25, -0.2) is 76.6 Å². The molecular weight excluding hydrogens is 1900 g/mol. The molecule has 5 fully saturated rings. The molecule has 11 N–H and O–H groups in total. The van der Waals surface area contributed by atoms with E-state index in [9.17, 15) is 51.0 Å². The Morgan fingerprint density at radius 2 is 0.707 bits per heavy atom. The van der Waals surface area contributed by atoms with Crippen molar-refractivity contribution in [3.8, 4) is 0 Å². The molecule has 0 spiro atoms. The van der Waals surface area contributed by atoms with Gasteiger partial charge in [-0.05, 0) is 208 Å². The Bertz CT molecular complexity index is 6470. The summed E-state index contributed by atoms with van der Waals surface area (Å²) in [6.07, 6.45) is 34.0. The number of nitrogens with two attached hydrogens (primary N) is 2. The number of nitrogens with zero attached hydrogens (tertiary/aromatic N) is 12. The lowest BCUT2D eigenvalue weighted by atomic mass is 10.0. The molecular formula is C91H94Cl5N19O13S5. The Kier molecular flexibility index (Phi) is 37.0. The molecule has 32 nitrogen and oxygen atoms in total. The summed E-state index contributed by atoms with van der Waals surface area (Å²) in [6, 6.07) is 32.4. The van der Waals surface area contributed by atoms with Crippen LogP contribution >= 0.6 is 81.5 Å². The van der Waals surface area contributed by atoms with Gasteiger partial charge in [0.15, 0.2) is 48.6 Å². The molecule has 5 aliphatic rings. The molecule has 12 aromatic rings. The second kappa shape index (κ2) is 47.4. The average Bonchev–Trinajstić information content (AvgIpc) is 1.61. The van der Waals surface area contributed by atoms with Gasteiger partial charge >= 0.3 is 11.6 Å². The van der Waals surface area contributed by atoms with Gasteiger partial charge < -0.3 is 48.3 Å². The minimum absolute atomic E-state index is 0.0108. The molecule has 42 heteroatoms. The molecule has 0 amide bonds. The topological polar surface area (TPSA) is 495 Å². The highest BCUT2D eigenvalue weighted by Gasteiger charge is 2.37. The minimum atomic E-state index is -3.54. The van der Waals surface area contributed by atoms with E-state index in [2.05, 4.69) is 86.4 Å². The lowest BCUT2D eigenvalue weighted by Crippen LogP contribution is -2.15. The quantitative estimate of drug-likeness (QED) is 0.0138. The fraction of sp³-hybridized carbons (Fsp3) is 0.286. The second-order valence-electron chi connectivity index (χ2n) is 31.7. The lowest BCUT2D eigenvalue weighted by molar-refractivity contribution is 0.0777. The maximum absolute atomic E-state index is 12.8. The van der Waals surface area contributed by atoms with Crippen molar-refractivity contribution in [2.24, 2.45) is 29.6 Å². The molecule has 0 aliphatic heterocycles. The number of aryl methyl sites for hydroxylation is 1. The molecule has 12 heterocycles. The maximum Gasteiger partial charge on any atom is 0.335 e. The van der Waals surface area contributed by atoms with E-state index in [1.807, 2.05) is 55.8 Å². The predicted octanol–water partition coefficient (Wildman–Crippen LogP) is 19.0. The third-order valence-electron chi connectivity index (χ3n) is 20.0. The van der Waals surface area contributed by atoms with E-state index in [1.165, 1.54) is 61.3 Å². The van der Waals surface area contributed by atoms with Gasteiger partial charge in [-0.3, -0.25) is 24.0 Å². The summed E-state index contributed by atoms with van der Waals surface area (Å²) in [7, 11) is -7.00. The summed E-state index contributed by atoms with van der Waals surface area (Å²) in [5, 5.41) is 36.6. The normalized spacial score (nSPS) is 13.6. The van der Waals surface area contributed by atoms with Crippen molar-refractivity contribution in [2.75, 3.05) is 63.1 Å². The first-order chi connectivity index (χ1) is 63.2. The van der Waals surface area contributed by atoms with Crippen LogP contribution in [-0.4, -0.2) is 149 Å². The van der Waals surface area contributed by atoms with Crippen LogP contribution in [0.2, 0.25) is 25.6 Å². The summed E-state index contributed by atoms with van der Waals surface area (Å²) < 4.78 is 64.7. The van der Waals surface area contributed by atoms with Crippen LogP contribution in [0.5, 0.6) is 0 Å². The van der Waals surface area contributed by atoms with Gasteiger partial charge in [0.05, 0.1) is 66.8 Å². The van der Waals surface area contributed by atoms with Gasteiger partial charge in [-0.2, -0.15) is 8.42 Å². The highest BCUT2D eigenvalue weighted by atomic mass is 35.5. The Balaban J connectivity index is 0.000000166. The lowest BCUT2D eigenvalue weighted by Gasteiger charge is -2.17. The largest absolute Gasteiger partial charge is 0.386 e. The van der Waals surface area contributed by atoms with E-state index in [4.69, 9.17) is 77.9 Å². The SMILES string of the molecule is CC(C)(O)c1ccc(N)nc1.CC(C)(O)c1ccc(Nc2cc(Nc3ncccc3S(C)(=O)=O)c(C(=O)C3CC3)cn2)nc1.CS(=O)(=O)c1cccnc1Nc1cc(Cl)ncc1C(=O)C1CC1.CSc1cccnc1N.CSc1cccnc1Nc1cc(Cl)ncc1C(=O)C1CC1.Cc1cccnc1Nc1cc(Cl)ncc1C(=O)C1CC1.O=C(c1cnc(Cl)cc1Cl)C1CC1.O=S=O. The van der Waals surface area contributed by atoms with Crippen molar-refractivity contribution in [2.45, 2.75) is 130 Å². The Hall–Kier alpha value is -11.5. The number of ketones is 5. The number of thioether (sulfide) groups is 2. The van der Waals surface area contributed by atoms with Crippen molar-refractivity contribution in [3.05, 3.63) is 260 Å². The molecule has 17 rings (SSSR count). The highest BCUT2D eigenvalue weighted by Crippen LogP contribution is 2.42. The number of halogens is 5. The van der Waals surface area contributed by atoms with Crippen LogP contribution in [0.3, 0.4) is 0 Å². The smallest absolute Gasteiger partial charge is 0.335 e.